The van der Waals surface area contributed by atoms with Crippen LogP contribution in [0.4, 0.5) is 10.1 Å². The minimum atomic E-state index is -0.234. The molecule has 0 fully saturated rings. The van der Waals surface area contributed by atoms with Gasteiger partial charge in [0.25, 0.3) is 0 Å². The molecule has 5 aromatic rings. The van der Waals surface area contributed by atoms with Gasteiger partial charge < -0.3 is 9.73 Å². The summed E-state index contributed by atoms with van der Waals surface area (Å²) in [5.74, 6) is -0.234. The van der Waals surface area contributed by atoms with Gasteiger partial charge in [-0.2, -0.15) is 0 Å². The van der Waals surface area contributed by atoms with Crippen LogP contribution in [0.1, 0.15) is 37.9 Å². The third-order valence-corrected chi connectivity index (χ3v) is 6.49. The zero-order valence-electron chi connectivity index (χ0n) is 20.1. The summed E-state index contributed by atoms with van der Waals surface area (Å²) in [5.41, 5.74) is 7.70. The fraction of sp³-hybridized carbons (Fsp3) is 0.207. The van der Waals surface area contributed by atoms with Crippen LogP contribution in [0.15, 0.2) is 82.2 Å². The Bertz CT molecular complexity index is 1430. The van der Waals surface area contributed by atoms with E-state index < -0.39 is 0 Å². The number of nitrogens with zero attached hydrogens (tertiary/aromatic N) is 1. The molecule has 0 aliphatic heterocycles. The zero-order valence-corrected chi connectivity index (χ0v) is 21.0. The maximum atomic E-state index is 13.7. The van der Waals surface area contributed by atoms with Crippen LogP contribution < -0.4 is 5.32 Å². The second-order valence-corrected chi connectivity index (χ2v) is 8.79. The fourth-order valence-electron chi connectivity index (χ4n) is 4.20. The molecule has 2 aromatic heterocycles. The highest BCUT2D eigenvalue weighted by atomic mass is 32.2. The standard InChI is InChI=1S/C27H23FN2OS.C2H6/c1-16-13-21(17(2)30-23-10-9-19(28)15-24(23)32-3)26-22(14-16)25-27(31-26)20(11-12-29-25)18-7-5-4-6-8-18;1-2/h4-15,17,30H,1-3H3;1-2H3. The molecule has 174 valence electrons. The summed E-state index contributed by atoms with van der Waals surface area (Å²) in [5, 5.41) is 4.55. The number of halogens is 1. The van der Waals surface area contributed by atoms with Gasteiger partial charge >= 0.3 is 0 Å². The maximum Gasteiger partial charge on any atom is 0.161 e. The molecule has 3 nitrogen and oxygen atoms in total. The van der Waals surface area contributed by atoms with E-state index in [0.717, 1.165) is 54.9 Å². The smallest absolute Gasteiger partial charge is 0.161 e. The second-order valence-electron chi connectivity index (χ2n) is 7.95. The van der Waals surface area contributed by atoms with Gasteiger partial charge in [0, 0.05) is 33.3 Å². The number of benzene rings is 3. The summed E-state index contributed by atoms with van der Waals surface area (Å²) < 4.78 is 20.2. The molecule has 0 aliphatic rings. The summed E-state index contributed by atoms with van der Waals surface area (Å²) in [7, 11) is 0. The van der Waals surface area contributed by atoms with Gasteiger partial charge in [0.15, 0.2) is 5.58 Å². The molecular weight excluding hydrogens is 443 g/mol. The molecule has 1 N–H and O–H groups in total. The number of aromatic nitrogens is 1. The number of anilines is 1. The van der Waals surface area contributed by atoms with Crippen molar-refractivity contribution in [1.29, 1.82) is 0 Å². The average molecular weight is 473 g/mol. The predicted octanol–water partition coefficient (Wildman–Crippen LogP) is 9.02. The number of thioether (sulfide) groups is 1. The Kier molecular flexibility index (Phi) is 7.23. The average Bonchev–Trinajstić information content (AvgIpc) is 3.24. The Hall–Kier alpha value is -3.31. The monoisotopic (exact) mass is 472 g/mol. The quantitative estimate of drug-likeness (QED) is 0.259. The van der Waals surface area contributed by atoms with E-state index in [0.29, 0.717) is 0 Å². The van der Waals surface area contributed by atoms with Gasteiger partial charge in [-0.1, -0.05) is 50.2 Å². The van der Waals surface area contributed by atoms with Gasteiger partial charge in [-0.3, -0.25) is 4.98 Å². The lowest BCUT2D eigenvalue weighted by atomic mass is 10.0. The van der Waals surface area contributed by atoms with Gasteiger partial charge in [0.2, 0.25) is 0 Å². The third-order valence-electron chi connectivity index (χ3n) is 5.71. The van der Waals surface area contributed by atoms with Crippen LogP contribution in [-0.2, 0) is 0 Å². The highest BCUT2D eigenvalue weighted by Crippen LogP contribution is 2.39. The number of fused-ring (bicyclic) bond motifs is 3. The first-order valence-corrected chi connectivity index (χ1v) is 12.7. The summed E-state index contributed by atoms with van der Waals surface area (Å²) in [4.78, 5) is 5.53. The van der Waals surface area contributed by atoms with E-state index in [9.17, 15) is 4.39 Å². The first-order chi connectivity index (χ1) is 16.5. The predicted molar refractivity (Wildman–Crippen MR) is 143 cm³/mol. The van der Waals surface area contributed by atoms with E-state index in [2.05, 4.69) is 48.4 Å². The highest BCUT2D eigenvalue weighted by Gasteiger charge is 2.20. The van der Waals surface area contributed by atoms with Crippen LogP contribution in [-0.4, -0.2) is 11.2 Å². The van der Waals surface area contributed by atoms with Crippen LogP contribution in [0, 0.1) is 12.7 Å². The minimum absolute atomic E-state index is 0.0468. The van der Waals surface area contributed by atoms with E-state index in [-0.39, 0.29) is 11.9 Å². The molecule has 2 heterocycles. The third kappa shape index (κ3) is 4.53. The largest absolute Gasteiger partial charge is 0.453 e. The number of rotatable bonds is 5. The lowest BCUT2D eigenvalue weighted by molar-refractivity contribution is 0.624. The second kappa shape index (κ2) is 10.3. The molecule has 1 atom stereocenters. The lowest BCUT2D eigenvalue weighted by Crippen LogP contribution is -2.08. The molecule has 0 saturated heterocycles. The molecule has 3 aromatic carbocycles. The topological polar surface area (TPSA) is 38.1 Å². The Labute approximate surface area is 204 Å². The van der Waals surface area contributed by atoms with Crippen molar-refractivity contribution in [3.63, 3.8) is 0 Å². The molecule has 0 aliphatic carbocycles. The van der Waals surface area contributed by atoms with Crippen LogP contribution in [0.2, 0.25) is 0 Å². The molecular formula is C29H29FN2OS. The van der Waals surface area contributed by atoms with Gasteiger partial charge in [-0.25, -0.2) is 4.39 Å². The Morgan fingerprint density at radius 3 is 2.47 bits per heavy atom. The van der Waals surface area contributed by atoms with Crippen LogP contribution in [0.3, 0.4) is 0 Å². The normalized spacial score (nSPS) is 11.8. The molecule has 0 spiro atoms. The van der Waals surface area contributed by atoms with E-state index in [1.165, 1.54) is 17.8 Å². The molecule has 0 amide bonds. The number of pyridine rings is 1. The van der Waals surface area contributed by atoms with E-state index in [1.807, 2.05) is 50.6 Å². The number of furan rings is 1. The SMILES string of the molecule is CC.CSc1cc(F)ccc1NC(C)c1cc(C)cc2c1oc1c(-c3ccccc3)ccnc12. The van der Waals surface area contributed by atoms with Crippen molar-refractivity contribution in [3.8, 4) is 11.1 Å². The molecule has 0 bridgehead atoms. The maximum absolute atomic E-state index is 13.7. The molecule has 5 heteroatoms. The van der Waals surface area contributed by atoms with Gasteiger partial charge in [-0.05, 0) is 61.6 Å². The number of hydrogen-bond acceptors (Lipinski definition) is 4. The van der Waals surface area contributed by atoms with Gasteiger partial charge in [0.1, 0.15) is 16.9 Å². The number of aryl methyl sites for hydroxylation is 1. The fourth-order valence-corrected chi connectivity index (χ4v) is 4.78. The van der Waals surface area contributed by atoms with Crippen molar-refractivity contribution in [2.24, 2.45) is 0 Å². The Morgan fingerprint density at radius 2 is 1.74 bits per heavy atom. The zero-order chi connectivity index (χ0) is 24.2. The van der Waals surface area contributed by atoms with E-state index >= 15 is 0 Å². The van der Waals surface area contributed by atoms with Gasteiger partial charge in [-0.15, -0.1) is 11.8 Å². The number of hydrogen-bond donors (Lipinski definition) is 1. The summed E-state index contributed by atoms with van der Waals surface area (Å²) in [6.07, 6.45) is 3.79. The van der Waals surface area contributed by atoms with Crippen LogP contribution >= 0.6 is 11.8 Å². The first-order valence-electron chi connectivity index (χ1n) is 11.5. The van der Waals surface area contributed by atoms with Crippen molar-refractivity contribution in [2.75, 3.05) is 11.6 Å². The molecule has 5 rings (SSSR count). The molecule has 1 unspecified atom stereocenters. The highest BCUT2D eigenvalue weighted by molar-refractivity contribution is 7.98. The van der Waals surface area contributed by atoms with Gasteiger partial charge in [0.05, 0.1) is 6.04 Å². The van der Waals surface area contributed by atoms with Crippen LogP contribution in [0.5, 0.6) is 0 Å². The molecule has 34 heavy (non-hydrogen) atoms. The van der Waals surface area contributed by atoms with Crippen molar-refractivity contribution in [1.82, 2.24) is 4.98 Å². The summed E-state index contributed by atoms with van der Waals surface area (Å²) in [6.45, 7) is 8.18. The number of nitrogens with one attached hydrogen (secondary N) is 1. The van der Waals surface area contributed by atoms with E-state index in [1.54, 1.807) is 12.1 Å². The van der Waals surface area contributed by atoms with Crippen molar-refractivity contribution in [3.05, 3.63) is 89.9 Å². The summed E-state index contributed by atoms with van der Waals surface area (Å²) in [6, 6.07) is 21.3. The van der Waals surface area contributed by atoms with Crippen LogP contribution in [0.25, 0.3) is 33.2 Å². The summed E-state index contributed by atoms with van der Waals surface area (Å²) >= 11 is 1.52. The van der Waals surface area contributed by atoms with Crippen molar-refractivity contribution < 1.29 is 8.81 Å². The molecule has 0 radical (unpaired) electrons. The Morgan fingerprint density at radius 1 is 0.971 bits per heavy atom. The first kappa shape index (κ1) is 23.8. The lowest BCUT2D eigenvalue weighted by Gasteiger charge is -2.18. The molecule has 0 saturated carbocycles. The minimum Gasteiger partial charge on any atom is -0.453 e. The Balaban J connectivity index is 0.00000133. The van der Waals surface area contributed by atoms with E-state index in [4.69, 9.17) is 4.42 Å². The van der Waals surface area contributed by atoms with Crippen molar-refractivity contribution in [2.45, 2.75) is 38.6 Å². The van der Waals surface area contributed by atoms with Crippen molar-refractivity contribution >= 4 is 39.5 Å².